The summed E-state index contributed by atoms with van der Waals surface area (Å²) in [6.45, 7) is 0. The zero-order chi connectivity index (χ0) is 15.0. The Hall–Kier alpha value is -2.00. The minimum absolute atomic E-state index is 0. The molecule has 3 aromatic rings. The number of hydrogen-bond donors (Lipinski definition) is 3. The van der Waals surface area contributed by atoms with E-state index in [0.29, 0.717) is 5.56 Å². The number of halogens is 1. The minimum Gasteiger partial charge on any atom is -0.346 e. The highest BCUT2D eigenvalue weighted by Gasteiger charge is 2.13. The van der Waals surface area contributed by atoms with E-state index < -0.39 is 10.0 Å². The van der Waals surface area contributed by atoms with Gasteiger partial charge in [-0.25, -0.2) is 23.5 Å². The van der Waals surface area contributed by atoms with Crippen molar-refractivity contribution in [2.45, 2.75) is 5.75 Å². The van der Waals surface area contributed by atoms with E-state index in [1.54, 1.807) is 24.7 Å². The van der Waals surface area contributed by atoms with Gasteiger partial charge in [-0.1, -0.05) is 11.6 Å². The second-order valence-electron chi connectivity index (χ2n) is 4.58. The van der Waals surface area contributed by atoms with Crippen molar-refractivity contribution in [1.29, 1.82) is 0 Å². The summed E-state index contributed by atoms with van der Waals surface area (Å²) in [6.07, 6.45) is 5.07. The minimum atomic E-state index is -3.67. The van der Waals surface area contributed by atoms with Crippen LogP contribution in [0.5, 0.6) is 0 Å². The summed E-state index contributed by atoms with van der Waals surface area (Å²) in [5.41, 5.74) is 2.74. The molecule has 0 radical (unpaired) electrons. The Bertz CT molecular complexity index is 923. The van der Waals surface area contributed by atoms with Crippen LogP contribution in [-0.4, -0.2) is 23.4 Å². The van der Waals surface area contributed by atoms with E-state index in [4.69, 9.17) is 16.7 Å². The van der Waals surface area contributed by atoms with Crippen molar-refractivity contribution in [3.05, 3.63) is 47.5 Å². The average molecular weight is 340 g/mol. The molecule has 0 spiro atoms. The van der Waals surface area contributed by atoms with Crippen LogP contribution in [0.2, 0.25) is 5.15 Å². The van der Waals surface area contributed by atoms with Crippen LogP contribution in [0.15, 0.2) is 36.8 Å². The third-order valence-electron chi connectivity index (χ3n) is 3.03. The van der Waals surface area contributed by atoms with Crippen molar-refractivity contribution >= 4 is 32.7 Å². The largest absolute Gasteiger partial charge is 0.346 e. The molecule has 3 aromatic heterocycles. The fourth-order valence-corrected chi connectivity index (χ4v) is 3.06. The van der Waals surface area contributed by atoms with E-state index in [1.807, 2.05) is 12.1 Å². The Morgan fingerprint density at radius 1 is 1.32 bits per heavy atom. The molecule has 3 heterocycles. The number of nitrogens with one attached hydrogen (secondary N) is 1. The van der Waals surface area contributed by atoms with Crippen molar-refractivity contribution in [3.63, 3.8) is 0 Å². The number of nitrogens with two attached hydrogens (primary N) is 1. The number of fused-ring (bicyclic) bond motifs is 1. The molecule has 22 heavy (non-hydrogen) atoms. The van der Waals surface area contributed by atoms with Gasteiger partial charge < -0.3 is 11.1 Å². The lowest BCUT2D eigenvalue weighted by Crippen LogP contribution is -2.15. The number of sulfonamides is 1. The zero-order valence-electron chi connectivity index (χ0n) is 11.5. The van der Waals surface area contributed by atoms with Gasteiger partial charge in [-0.05, 0) is 18.2 Å². The summed E-state index contributed by atoms with van der Waals surface area (Å²) in [4.78, 5) is 11.3. The van der Waals surface area contributed by atoms with Crippen molar-refractivity contribution in [2.75, 3.05) is 0 Å². The third-order valence-corrected chi connectivity index (χ3v) is 4.08. The van der Waals surface area contributed by atoms with Gasteiger partial charge in [0, 0.05) is 40.7 Å². The second-order valence-corrected chi connectivity index (χ2v) is 6.56. The van der Waals surface area contributed by atoms with Gasteiger partial charge in [-0.15, -0.1) is 0 Å². The number of aromatic amines is 1. The average Bonchev–Trinajstić information content (AvgIpc) is 2.84. The zero-order valence-corrected chi connectivity index (χ0v) is 13.0. The lowest BCUT2D eigenvalue weighted by molar-refractivity contribution is 0.597. The molecule has 0 aliphatic heterocycles. The molecule has 0 amide bonds. The maximum Gasteiger partial charge on any atom is 0.213 e. The number of rotatable bonds is 3. The predicted octanol–water partition coefficient (Wildman–Crippen LogP) is 2.23. The summed E-state index contributed by atoms with van der Waals surface area (Å²) in [5.74, 6) is -0.354. The fourth-order valence-electron chi connectivity index (χ4n) is 2.15. The molecule has 0 aromatic carbocycles. The normalized spacial score (nSPS) is 11.4. The molecule has 116 valence electrons. The van der Waals surface area contributed by atoms with Crippen LogP contribution >= 0.6 is 11.6 Å². The SMILES string of the molecule is N.NS(=O)(=O)Cc1cc(-c2c[nH]c3ncccc23)cnc1Cl. The quantitative estimate of drug-likeness (QED) is 0.628. The second kappa shape index (κ2) is 6.01. The molecule has 0 aliphatic rings. The first-order valence-electron chi connectivity index (χ1n) is 6.01. The molecule has 0 saturated carbocycles. The molecular weight excluding hydrogens is 326 g/mol. The first-order chi connectivity index (χ1) is 9.94. The summed E-state index contributed by atoms with van der Waals surface area (Å²) < 4.78 is 22.5. The fraction of sp³-hybridized carbons (Fsp3) is 0.0769. The monoisotopic (exact) mass is 339 g/mol. The Kier molecular flexibility index (Phi) is 4.47. The van der Waals surface area contributed by atoms with Crippen LogP contribution in [0.3, 0.4) is 0 Å². The Morgan fingerprint density at radius 2 is 2.09 bits per heavy atom. The van der Waals surface area contributed by atoms with Gasteiger partial charge in [0.15, 0.2) is 0 Å². The van der Waals surface area contributed by atoms with Gasteiger partial charge in [0.1, 0.15) is 10.8 Å². The molecule has 0 atom stereocenters. The van der Waals surface area contributed by atoms with Gasteiger partial charge >= 0.3 is 0 Å². The molecule has 6 N–H and O–H groups in total. The van der Waals surface area contributed by atoms with E-state index in [0.717, 1.165) is 22.2 Å². The molecule has 0 fully saturated rings. The number of pyridine rings is 2. The molecule has 0 bridgehead atoms. The van der Waals surface area contributed by atoms with Crippen LogP contribution in [0.25, 0.3) is 22.2 Å². The van der Waals surface area contributed by atoms with Crippen LogP contribution in [0, 0.1) is 0 Å². The number of hydrogen-bond acceptors (Lipinski definition) is 5. The number of aromatic nitrogens is 3. The Labute approximate surface area is 132 Å². The molecule has 0 aliphatic carbocycles. The van der Waals surface area contributed by atoms with Crippen molar-refractivity contribution in [2.24, 2.45) is 5.14 Å². The Balaban J connectivity index is 0.00000176. The summed E-state index contributed by atoms with van der Waals surface area (Å²) >= 11 is 5.93. The molecule has 0 unspecified atom stereocenters. The van der Waals surface area contributed by atoms with Gasteiger partial charge in [-0.2, -0.15) is 0 Å². The highest BCUT2D eigenvalue weighted by atomic mass is 35.5. The molecule has 7 nitrogen and oxygen atoms in total. The van der Waals surface area contributed by atoms with Crippen LogP contribution < -0.4 is 11.3 Å². The van der Waals surface area contributed by atoms with Gasteiger partial charge in [0.25, 0.3) is 0 Å². The molecular formula is C13H14ClN5O2S. The van der Waals surface area contributed by atoms with E-state index >= 15 is 0 Å². The van der Waals surface area contributed by atoms with E-state index in [2.05, 4.69) is 15.0 Å². The summed E-state index contributed by atoms with van der Waals surface area (Å²) in [6, 6.07) is 5.42. The smallest absolute Gasteiger partial charge is 0.213 e. The van der Waals surface area contributed by atoms with Crippen LogP contribution in [0.4, 0.5) is 0 Å². The molecule has 9 heteroatoms. The maximum atomic E-state index is 11.2. The first kappa shape index (κ1) is 16.4. The lowest BCUT2D eigenvalue weighted by atomic mass is 10.1. The van der Waals surface area contributed by atoms with Crippen LogP contribution in [-0.2, 0) is 15.8 Å². The summed E-state index contributed by atoms with van der Waals surface area (Å²) in [7, 11) is -3.67. The lowest BCUT2D eigenvalue weighted by Gasteiger charge is -2.05. The molecule has 0 saturated heterocycles. The highest BCUT2D eigenvalue weighted by Crippen LogP contribution is 2.29. The first-order valence-corrected chi connectivity index (χ1v) is 8.11. The van der Waals surface area contributed by atoms with E-state index in [1.165, 1.54) is 0 Å². The third kappa shape index (κ3) is 3.25. The maximum absolute atomic E-state index is 11.2. The Morgan fingerprint density at radius 3 is 2.82 bits per heavy atom. The molecule has 3 rings (SSSR count). The van der Waals surface area contributed by atoms with Crippen molar-refractivity contribution in [3.8, 4) is 11.1 Å². The van der Waals surface area contributed by atoms with Crippen LogP contribution in [0.1, 0.15) is 5.56 Å². The number of primary sulfonamides is 1. The van der Waals surface area contributed by atoms with Gasteiger partial charge in [0.05, 0.1) is 5.75 Å². The van der Waals surface area contributed by atoms with Crippen molar-refractivity contribution in [1.82, 2.24) is 21.1 Å². The summed E-state index contributed by atoms with van der Waals surface area (Å²) in [5, 5.41) is 6.12. The van der Waals surface area contributed by atoms with Crippen molar-refractivity contribution < 1.29 is 8.42 Å². The number of H-pyrrole nitrogens is 1. The van der Waals surface area contributed by atoms with Gasteiger partial charge in [0.2, 0.25) is 10.0 Å². The highest BCUT2D eigenvalue weighted by molar-refractivity contribution is 7.88. The van der Waals surface area contributed by atoms with E-state index in [9.17, 15) is 8.42 Å². The van der Waals surface area contributed by atoms with Gasteiger partial charge in [-0.3, -0.25) is 0 Å². The topological polar surface area (TPSA) is 137 Å². The number of nitrogens with zero attached hydrogens (tertiary/aromatic N) is 2. The standard InChI is InChI=1S/C13H11ClN4O2S.H3N/c14-12-9(7-21(15,19)20)4-8(5-17-12)11-6-18-13-10(11)2-1-3-16-13;/h1-6H,7H2,(H,16,18)(H2,15,19,20);1H3. The van der Waals surface area contributed by atoms with E-state index in [-0.39, 0.29) is 17.1 Å². The predicted molar refractivity (Wildman–Crippen MR) is 86.2 cm³/mol.